The van der Waals surface area contributed by atoms with Crippen LogP contribution in [0.5, 0.6) is 5.75 Å². The Morgan fingerprint density at radius 3 is 2.18 bits per heavy atom. The number of anilines is 1. The summed E-state index contributed by atoms with van der Waals surface area (Å²) >= 11 is 5.93. The highest BCUT2D eigenvalue weighted by Crippen LogP contribution is 2.26. The van der Waals surface area contributed by atoms with Crippen molar-refractivity contribution in [3.63, 3.8) is 0 Å². The number of nitrogens with zero attached hydrogens (tertiary/aromatic N) is 1. The molecule has 0 aliphatic rings. The molecule has 3 aromatic carbocycles. The van der Waals surface area contributed by atoms with E-state index in [0.717, 1.165) is 32.3 Å². The van der Waals surface area contributed by atoms with Gasteiger partial charge >= 0.3 is 0 Å². The minimum Gasteiger partial charge on any atom is -0.492 e. The van der Waals surface area contributed by atoms with Crippen LogP contribution in [0.1, 0.15) is 22.3 Å². The first-order chi connectivity index (χ1) is 16.1. The maximum Gasteiger partial charge on any atom is 0.264 e. The first kappa shape index (κ1) is 25.6. The Labute approximate surface area is 206 Å². The van der Waals surface area contributed by atoms with E-state index in [-0.39, 0.29) is 24.6 Å². The topological polar surface area (TPSA) is 75.7 Å². The number of amides is 1. The Bertz CT molecular complexity index is 1250. The van der Waals surface area contributed by atoms with Crippen molar-refractivity contribution in [2.75, 3.05) is 24.0 Å². The number of hydrogen-bond donors (Lipinski definition) is 1. The summed E-state index contributed by atoms with van der Waals surface area (Å²) in [4.78, 5) is 12.8. The molecule has 0 saturated carbocycles. The van der Waals surface area contributed by atoms with Crippen molar-refractivity contribution < 1.29 is 17.9 Å². The molecule has 0 aliphatic heterocycles. The summed E-state index contributed by atoms with van der Waals surface area (Å²) in [5.41, 5.74) is 4.56. The van der Waals surface area contributed by atoms with E-state index in [1.54, 1.807) is 12.1 Å². The Hall–Kier alpha value is -3.03. The molecule has 1 N–H and O–H groups in total. The fourth-order valence-corrected chi connectivity index (χ4v) is 5.03. The van der Waals surface area contributed by atoms with Crippen molar-refractivity contribution in [1.29, 1.82) is 0 Å². The van der Waals surface area contributed by atoms with Gasteiger partial charge in [0.2, 0.25) is 5.91 Å². The molecule has 0 aromatic heterocycles. The second-order valence-corrected chi connectivity index (χ2v) is 10.6. The summed E-state index contributed by atoms with van der Waals surface area (Å²) < 4.78 is 33.7. The van der Waals surface area contributed by atoms with Crippen molar-refractivity contribution in [3.8, 4) is 5.75 Å². The molecule has 0 atom stereocenters. The van der Waals surface area contributed by atoms with Gasteiger partial charge < -0.3 is 10.1 Å². The zero-order valence-corrected chi connectivity index (χ0v) is 21.3. The molecule has 6 nitrogen and oxygen atoms in total. The molecule has 0 bridgehead atoms. The highest BCUT2D eigenvalue weighted by Gasteiger charge is 2.27. The van der Waals surface area contributed by atoms with Crippen LogP contribution in [0.4, 0.5) is 5.69 Å². The molecular formula is C26H29ClN2O4S. The number of halogens is 1. The molecule has 0 heterocycles. The summed E-state index contributed by atoms with van der Waals surface area (Å²) in [6.45, 7) is 7.97. The van der Waals surface area contributed by atoms with Crippen LogP contribution in [-0.2, 0) is 14.8 Å². The van der Waals surface area contributed by atoms with Gasteiger partial charge in [-0.25, -0.2) is 8.42 Å². The normalized spacial score (nSPS) is 11.2. The van der Waals surface area contributed by atoms with Gasteiger partial charge in [-0.05, 0) is 98.5 Å². The lowest BCUT2D eigenvalue weighted by Crippen LogP contribution is -2.42. The Morgan fingerprint density at radius 2 is 1.56 bits per heavy atom. The summed E-state index contributed by atoms with van der Waals surface area (Å²) in [6, 6.07) is 17.1. The minimum absolute atomic E-state index is 0.0566. The molecule has 3 rings (SSSR count). The van der Waals surface area contributed by atoms with Crippen LogP contribution in [0.2, 0.25) is 5.02 Å². The van der Waals surface area contributed by atoms with Crippen molar-refractivity contribution in [1.82, 2.24) is 5.32 Å². The number of rotatable bonds is 9. The predicted octanol–water partition coefficient (Wildman–Crippen LogP) is 4.96. The van der Waals surface area contributed by atoms with Crippen molar-refractivity contribution >= 4 is 33.2 Å². The lowest BCUT2D eigenvalue weighted by atomic mass is 10.1. The lowest BCUT2D eigenvalue weighted by molar-refractivity contribution is -0.119. The second-order valence-electron chi connectivity index (χ2n) is 8.26. The van der Waals surface area contributed by atoms with E-state index in [2.05, 4.69) is 11.4 Å². The molecule has 1 amide bonds. The fourth-order valence-electron chi connectivity index (χ4n) is 3.49. The average Bonchev–Trinajstić information content (AvgIpc) is 2.76. The highest BCUT2D eigenvalue weighted by atomic mass is 35.5. The fraction of sp³-hybridized carbons (Fsp3) is 0.269. The predicted molar refractivity (Wildman–Crippen MR) is 136 cm³/mol. The summed E-state index contributed by atoms with van der Waals surface area (Å²) in [7, 11) is -4.00. The smallest absolute Gasteiger partial charge is 0.264 e. The second kappa shape index (κ2) is 10.9. The maximum atomic E-state index is 13.4. The minimum atomic E-state index is -4.00. The highest BCUT2D eigenvalue weighted by molar-refractivity contribution is 7.92. The van der Waals surface area contributed by atoms with Crippen LogP contribution in [0.3, 0.4) is 0 Å². The first-order valence-corrected chi connectivity index (χ1v) is 12.7. The van der Waals surface area contributed by atoms with Gasteiger partial charge in [0.15, 0.2) is 0 Å². The SMILES string of the molecule is Cc1cc(C)cc(OCCNC(=O)CN(c2ccc(C)c(C)c2)S(=O)(=O)c2ccc(Cl)cc2)c1. The summed E-state index contributed by atoms with van der Waals surface area (Å²) in [6.07, 6.45) is 0. The van der Waals surface area contributed by atoms with Crippen molar-refractivity contribution in [3.05, 3.63) is 87.9 Å². The number of benzene rings is 3. The molecule has 34 heavy (non-hydrogen) atoms. The number of sulfonamides is 1. The van der Waals surface area contributed by atoms with E-state index in [1.807, 2.05) is 45.9 Å². The number of nitrogens with one attached hydrogen (secondary N) is 1. The third-order valence-corrected chi connectivity index (χ3v) is 7.40. The van der Waals surface area contributed by atoms with Gasteiger partial charge in [-0.15, -0.1) is 0 Å². The van der Waals surface area contributed by atoms with Gasteiger partial charge in [0.05, 0.1) is 17.1 Å². The molecule has 8 heteroatoms. The molecule has 0 radical (unpaired) electrons. The van der Waals surface area contributed by atoms with Crippen LogP contribution in [0.25, 0.3) is 0 Å². The van der Waals surface area contributed by atoms with Gasteiger partial charge in [0, 0.05) is 5.02 Å². The van der Waals surface area contributed by atoms with Gasteiger partial charge in [-0.1, -0.05) is 23.7 Å². The Morgan fingerprint density at radius 1 is 0.912 bits per heavy atom. The van der Waals surface area contributed by atoms with E-state index < -0.39 is 15.9 Å². The average molecular weight is 501 g/mol. The van der Waals surface area contributed by atoms with E-state index >= 15 is 0 Å². The molecule has 3 aromatic rings. The zero-order chi connectivity index (χ0) is 24.9. The standard InChI is InChI=1S/C26H29ClN2O4S/c1-18-13-19(2)15-24(14-18)33-12-11-28-26(30)17-29(23-8-5-20(3)21(4)16-23)34(31,32)25-9-6-22(27)7-10-25/h5-10,13-16H,11-12,17H2,1-4H3,(H,28,30). The molecule has 180 valence electrons. The van der Waals surface area contributed by atoms with Crippen LogP contribution in [-0.4, -0.2) is 34.0 Å². The Balaban J connectivity index is 1.73. The van der Waals surface area contributed by atoms with E-state index in [9.17, 15) is 13.2 Å². The number of aryl methyl sites for hydroxylation is 4. The third-order valence-electron chi connectivity index (χ3n) is 5.36. The zero-order valence-electron chi connectivity index (χ0n) is 19.8. The van der Waals surface area contributed by atoms with Crippen LogP contribution < -0.4 is 14.4 Å². The molecular weight excluding hydrogens is 472 g/mol. The van der Waals surface area contributed by atoms with Crippen LogP contribution >= 0.6 is 11.6 Å². The van der Waals surface area contributed by atoms with E-state index in [0.29, 0.717) is 10.7 Å². The monoisotopic (exact) mass is 500 g/mol. The number of carbonyl (C=O) groups excluding carboxylic acids is 1. The van der Waals surface area contributed by atoms with E-state index in [1.165, 1.54) is 24.3 Å². The maximum absolute atomic E-state index is 13.4. The van der Waals surface area contributed by atoms with Crippen LogP contribution in [0, 0.1) is 27.7 Å². The molecule has 0 aliphatic carbocycles. The van der Waals surface area contributed by atoms with Crippen molar-refractivity contribution in [2.24, 2.45) is 0 Å². The van der Waals surface area contributed by atoms with Gasteiger partial charge in [0.25, 0.3) is 10.0 Å². The molecule has 0 spiro atoms. The lowest BCUT2D eigenvalue weighted by Gasteiger charge is -2.25. The number of hydrogen-bond acceptors (Lipinski definition) is 4. The number of ether oxygens (including phenoxy) is 1. The van der Waals surface area contributed by atoms with Gasteiger partial charge in [0.1, 0.15) is 18.9 Å². The summed E-state index contributed by atoms with van der Waals surface area (Å²) in [5, 5.41) is 3.18. The first-order valence-electron chi connectivity index (χ1n) is 10.9. The quantitative estimate of drug-likeness (QED) is 0.421. The van der Waals surface area contributed by atoms with E-state index in [4.69, 9.17) is 16.3 Å². The molecule has 0 fully saturated rings. The third kappa shape index (κ3) is 6.52. The number of carbonyl (C=O) groups is 1. The van der Waals surface area contributed by atoms with Gasteiger partial charge in [-0.3, -0.25) is 9.10 Å². The molecule has 0 unspecified atom stereocenters. The Kier molecular flexibility index (Phi) is 8.23. The van der Waals surface area contributed by atoms with Crippen LogP contribution in [0.15, 0.2) is 65.6 Å². The summed E-state index contributed by atoms with van der Waals surface area (Å²) in [5.74, 6) is 0.300. The van der Waals surface area contributed by atoms with Crippen molar-refractivity contribution in [2.45, 2.75) is 32.6 Å². The molecule has 0 saturated heterocycles. The van der Waals surface area contributed by atoms with Gasteiger partial charge in [-0.2, -0.15) is 0 Å². The largest absolute Gasteiger partial charge is 0.492 e.